The molecule has 1 amide bonds. The van der Waals surface area contributed by atoms with Crippen LogP contribution in [-0.4, -0.2) is 9.70 Å². The number of rotatable bonds is 3. The minimum Gasteiger partial charge on any atom is -0.341 e. The average Bonchev–Trinajstić information content (AvgIpc) is 2.45. The Kier molecular flexibility index (Phi) is 5.09. The van der Waals surface area contributed by atoms with Gasteiger partial charge < -0.3 is 5.32 Å². The van der Waals surface area contributed by atoms with Crippen molar-refractivity contribution < 1.29 is 9.18 Å². The Morgan fingerprint density at radius 3 is 2.10 bits per heavy atom. The van der Waals surface area contributed by atoms with Gasteiger partial charge in [-0.3, -0.25) is 4.79 Å². The highest BCUT2D eigenvalue weighted by atomic mass is 35.6. The van der Waals surface area contributed by atoms with Crippen LogP contribution < -0.4 is 5.32 Å². The maximum atomic E-state index is 13.0. The summed E-state index contributed by atoms with van der Waals surface area (Å²) < 4.78 is 11.2. The summed E-state index contributed by atoms with van der Waals surface area (Å²) in [6, 6.07) is 13.1. The Morgan fingerprint density at radius 2 is 1.57 bits per heavy atom. The first-order chi connectivity index (χ1) is 9.88. The van der Waals surface area contributed by atoms with Crippen LogP contribution in [0.5, 0.6) is 0 Å². The number of carbonyl (C=O) groups is 1. The van der Waals surface area contributed by atoms with Gasteiger partial charge in [-0.2, -0.15) is 0 Å². The smallest absolute Gasteiger partial charge is 0.251 e. The standard InChI is InChI=1S/C15H11Cl3FNO/c16-15(17,18)13(10-6-8-12(19)9-7-10)20-14(21)11-4-2-1-3-5-11/h1-9,13H,(H,20,21)/t13-/m1/s1. The topological polar surface area (TPSA) is 29.1 Å². The van der Waals surface area contributed by atoms with Gasteiger partial charge in [0, 0.05) is 5.56 Å². The molecule has 0 aliphatic rings. The highest BCUT2D eigenvalue weighted by Gasteiger charge is 2.35. The van der Waals surface area contributed by atoms with Gasteiger partial charge in [-0.1, -0.05) is 65.1 Å². The van der Waals surface area contributed by atoms with Crippen LogP contribution in [0.4, 0.5) is 4.39 Å². The zero-order valence-corrected chi connectivity index (χ0v) is 13.0. The number of halogens is 4. The van der Waals surface area contributed by atoms with E-state index >= 15 is 0 Å². The first kappa shape index (κ1) is 16.1. The molecule has 0 aliphatic carbocycles. The fourth-order valence-electron chi connectivity index (χ4n) is 1.81. The lowest BCUT2D eigenvalue weighted by atomic mass is 10.1. The number of amides is 1. The Hall–Kier alpha value is -1.29. The van der Waals surface area contributed by atoms with Crippen LogP contribution in [0.1, 0.15) is 22.0 Å². The van der Waals surface area contributed by atoms with E-state index < -0.39 is 15.7 Å². The molecule has 0 saturated carbocycles. The highest BCUT2D eigenvalue weighted by Crippen LogP contribution is 2.40. The maximum absolute atomic E-state index is 13.0. The Labute approximate surface area is 136 Å². The maximum Gasteiger partial charge on any atom is 0.251 e. The largest absolute Gasteiger partial charge is 0.341 e. The van der Waals surface area contributed by atoms with Gasteiger partial charge in [0.25, 0.3) is 5.91 Å². The number of hydrogen-bond donors (Lipinski definition) is 1. The Morgan fingerprint density at radius 1 is 1.00 bits per heavy atom. The molecule has 0 heterocycles. The molecule has 0 aromatic heterocycles. The summed E-state index contributed by atoms with van der Waals surface area (Å²) in [5.41, 5.74) is 0.944. The van der Waals surface area contributed by atoms with Crippen molar-refractivity contribution >= 4 is 40.7 Å². The molecule has 1 atom stereocenters. The number of benzene rings is 2. The van der Waals surface area contributed by atoms with Crippen LogP contribution in [0.25, 0.3) is 0 Å². The van der Waals surface area contributed by atoms with Crippen molar-refractivity contribution in [2.75, 3.05) is 0 Å². The second-order valence-corrected chi connectivity index (χ2v) is 6.73. The van der Waals surface area contributed by atoms with Gasteiger partial charge >= 0.3 is 0 Å². The second-order valence-electron chi connectivity index (χ2n) is 4.37. The summed E-state index contributed by atoms with van der Waals surface area (Å²) >= 11 is 17.8. The van der Waals surface area contributed by atoms with Crippen molar-refractivity contribution in [1.29, 1.82) is 0 Å². The lowest BCUT2D eigenvalue weighted by Gasteiger charge is -2.26. The number of carbonyl (C=O) groups excluding carboxylic acids is 1. The van der Waals surface area contributed by atoms with Gasteiger partial charge in [-0.15, -0.1) is 0 Å². The van der Waals surface area contributed by atoms with Crippen LogP contribution in [0.3, 0.4) is 0 Å². The third-order valence-corrected chi connectivity index (χ3v) is 3.50. The highest BCUT2D eigenvalue weighted by molar-refractivity contribution is 6.68. The third kappa shape index (κ3) is 4.34. The average molecular weight is 347 g/mol. The SMILES string of the molecule is O=C(N[C@H](c1ccc(F)cc1)C(Cl)(Cl)Cl)c1ccccc1. The quantitative estimate of drug-likeness (QED) is 0.804. The molecule has 0 bridgehead atoms. The van der Waals surface area contributed by atoms with Gasteiger partial charge in [0.1, 0.15) is 11.9 Å². The molecule has 0 aliphatic heterocycles. The minimum absolute atomic E-state index is 0.378. The van der Waals surface area contributed by atoms with Gasteiger partial charge in [0.15, 0.2) is 0 Å². The predicted octanol–water partition coefficient (Wildman–Crippen LogP) is 4.67. The molecular weight excluding hydrogens is 336 g/mol. The molecule has 0 radical (unpaired) electrons. The van der Waals surface area contributed by atoms with Crippen molar-refractivity contribution in [3.05, 3.63) is 71.5 Å². The molecule has 2 aromatic carbocycles. The van der Waals surface area contributed by atoms with Gasteiger partial charge in [0.2, 0.25) is 3.79 Å². The molecule has 2 rings (SSSR count). The van der Waals surface area contributed by atoms with Crippen LogP contribution in [0, 0.1) is 5.82 Å². The van der Waals surface area contributed by atoms with Crippen molar-refractivity contribution in [3.8, 4) is 0 Å². The summed E-state index contributed by atoms with van der Waals surface area (Å²) in [6.45, 7) is 0. The monoisotopic (exact) mass is 345 g/mol. The molecule has 6 heteroatoms. The molecular formula is C15H11Cl3FNO. The zero-order chi connectivity index (χ0) is 15.5. The van der Waals surface area contributed by atoms with E-state index in [-0.39, 0.29) is 5.91 Å². The fourth-order valence-corrected chi connectivity index (χ4v) is 2.35. The summed E-state index contributed by atoms with van der Waals surface area (Å²) in [5.74, 6) is -0.785. The first-order valence-electron chi connectivity index (χ1n) is 6.06. The van der Waals surface area contributed by atoms with Crippen molar-refractivity contribution in [2.24, 2.45) is 0 Å². The number of hydrogen-bond acceptors (Lipinski definition) is 1. The number of alkyl halides is 3. The van der Waals surface area contributed by atoms with Gasteiger partial charge in [-0.05, 0) is 29.8 Å². The van der Waals surface area contributed by atoms with E-state index in [1.807, 2.05) is 0 Å². The van der Waals surface area contributed by atoms with Gasteiger partial charge in [-0.25, -0.2) is 4.39 Å². The summed E-state index contributed by atoms with van der Waals surface area (Å²) in [4.78, 5) is 12.2. The molecule has 0 fully saturated rings. The molecule has 0 unspecified atom stereocenters. The van der Waals surface area contributed by atoms with Crippen LogP contribution in [0.15, 0.2) is 54.6 Å². The van der Waals surface area contributed by atoms with E-state index in [1.165, 1.54) is 24.3 Å². The fraction of sp³-hybridized carbons (Fsp3) is 0.133. The van der Waals surface area contributed by atoms with Crippen LogP contribution in [0.2, 0.25) is 0 Å². The number of nitrogens with one attached hydrogen (secondary N) is 1. The molecule has 21 heavy (non-hydrogen) atoms. The molecule has 2 aromatic rings. The van der Waals surface area contributed by atoms with Gasteiger partial charge in [0.05, 0.1) is 0 Å². The first-order valence-corrected chi connectivity index (χ1v) is 7.19. The van der Waals surface area contributed by atoms with E-state index in [0.717, 1.165) is 0 Å². The van der Waals surface area contributed by atoms with Crippen molar-refractivity contribution in [1.82, 2.24) is 5.32 Å². The van der Waals surface area contributed by atoms with E-state index in [4.69, 9.17) is 34.8 Å². The van der Waals surface area contributed by atoms with Crippen LogP contribution >= 0.6 is 34.8 Å². The molecule has 0 spiro atoms. The van der Waals surface area contributed by atoms with E-state index in [2.05, 4.69) is 5.32 Å². The second kappa shape index (κ2) is 6.65. The lowest BCUT2D eigenvalue weighted by molar-refractivity contribution is 0.0937. The van der Waals surface area contributed by atoms with Crippen molar-refractivity contribution in [3.63, 3.8) is 0 Å². The Balaban J connectivity index is 2.26. The normalized spacial score (nSPS) is 12.8. The van der Waals surface area contributed by atoms with E-state index in [0.29, 0.717) is 11.1 Å². The summed E-state index contributed by atoms with van der Waals surface area (Å²) in [7, 11) is 0. The predicted molar refractivity (Wildman–Crippen MR) is 83.3 cm³/mol. The third-order valence-electron chi connectivity index (χ3n) is 2.84. The summed E-state index contributed by atoms with van der Waals surface area (Å²) in [5, 5.41) is 2.65. The molecule has 2 nitrogen and oxygen atoms in total. The van der Waals surface area contributed by atoms with E-state index in [9.17, 15) is 9.18 Å². The zero-order valence-electron chi connectivity index (χ0n) is 10.7. The molecule has 1 N–H and O–H groups in total. The molecule has 0 saturated heterocycles. The van der Waals surface area contributed by atoms with Crippen LogP contribution in [-0.2, 0) is 0 Å². The lowest BCUT2D eigenvalue weighted by Crippen LogP contribution is -2.36. The summed E-state index contributed by atoms with van der Waals surface area (Å²) in [6.07, 6.45) is 0. The Bertz CT molecular complexity index is 611. The molecule has 110 valence electrons. The van der Waals surface area contributed by atoms with E-state index in [1.54, 1.807) is 30.3 Å². The minimum atomic E-state index is -1.76. The van der Waals surface area contributed by atoms with Crippen molar-refractivity contribution in [2.45, 2.75) is 9.83 Å².